The molecule has 0 saturated heterocycles. The van der Waals surface area contributed by atoms with Gasteiger partial charge < -0.3 is 4.98 Å². The second kappa shape index (κ2) is 3.44. The molecule has 2 rings (SSSR count). The normalized spacial score (nSPS) is 10.8. The molecule has 2 aromatic rings. The molecule has 1 heterocycles. The fraction of sp³-hybridized carbons (Fsp3) is 0.200. The maximum atomic E-state index is 5.23. The molecule has 0 fully saturated rings. The molecule has 0 atom stereocenters. The van der Waals surface area contributed by atoms with Gasteiger partial charge in [0.2, 0.25) is 0 Å². The number of hydrogen-bond acceptors (Lipinski definition) is 2. The molecule has 0 aliphatic heterocycles. The zero-order chi connectivity index (χ0) is 10.3. The second-order valence-corrected chi connectivity index (χ2v) is 4.48. The summed E-state index contributed by atoms with van der Waals surface area (Å²) in [5, 5.41) is 0.991. The first-order valence-electron chi connectivity index (χ1n) is 4.25. The van der Waals surface area contributed by atoms with E-state index in [9.17, 15) is 0 Å². The summed E-state index contributed by atoms with van der Waals surface area (Å²) in [5.74, 6) is 0.851. The van der Waals surface area contributed by atoms with E-state index in [4.69, 9.17) is 12.2 Å². The highest BCUT2D eigenvalue weighted by Gasteiger charge is 2.04. The Balaban J connectivity index is 3.08. The monoisotopic (exact) mass is 268 g/mol. The summed E-state index contributed by atoms with van der Waals surface area (Å²) in [6.45, 7) is 3.97. The molecule has 1 N–H and O–H groups in total. The molecule has 1 aromatic carbocycles. The minimum absolute atomic E-state index is 0.645. The lowest BCUT2D eigenvalue weighted by Crippen LogP contribution is -1.92. The molecule has 4 heteroatoms. The lowest BCUT2D eigenvalue weighted by Gasteiger charge is -2.05. The first-order valence-corrected chi connectivity index (χ1v) is 5.45. The number of halogens is 1. The van der Waals surface area contributed by atoms with Gasteiger partial charge >= 0.3 is 0 Å². The van der Waals surface area contributed by atoms with Crippen molar-refractivity contribution in [1.29, 1.82) is 0 Å². The van der Waals surface area contributed by atoms with E-state index in [1.807, 2.05) is 13.0 Å². The van der Waals surface area contributed by atoms with Gasteiger partial charge in [0.1, 0.15) is 10.5 Å². The summed E-state index contributed by atoms with van der Waals surface area (Å²) < 4.78 is 1.64. The van der Waals surface area contributed by atoms with Crippen LogP contribution in [0.15, 0.2) is 16.6 Å². The number of benzene rings is 1. The van der Waals surface area contributed by atoms with Crippen LogP contribution in [0.4, 0.5) is 0 Å². The minimum atomic E-state index is 0.645. The predicted molar refractivity (Wildman–Crippen MR) is 64.1 cm³/mol. The fourth-order valence-electron chi connectivity index (χ4n) is 1.47. The largest absolute Gasteiger partial charge is 0.343 e. The van der Waals surface area contributed by atoms with Gasteiger partial charge in [-0.3, -0.25) is 0 Å². The van der Waals surface area contributed by atoms with Gasteiger partial charge in [0.15, 0.2) is 0 Å². The number of aryl methyl sites for hydroxylation is 2. The van der Waals surface area contributed by atoms with Gasteiger partial charge in [-0.15, -0.1) is 0 Å². The smallest absolute Gasteiger partial charge is 0.138 e. The topological polar surface area (TPSA) is 28.7 Å². The molecular formula is C10H9BrN2S. The first kappa shape index (κ1) is 9.80. The van der Waals surface area contributed by atoms with Crippen LogP contribution in [0.3, 0.4) is 0 Å². The van der Waals surface area contributed by atoms with E-state index in [1.54, 1.807) is 0 Å². The number of hydrogen-bond donors (Lipinski definition) is 1. The van der Waals surface area contributed by atoms with Crippen molar-refractivity contribution in [3.8, 4) is 0 Å². The molecule has 2 nitrogen and oxygen atoms in total. The molecule has 0 bridgehead atoms. The molecule has 0 unspecified atom stereocenters. The van der Waals surface area contributed by atoms with E-state index in [2.05, 4.69) is 38.9 Å². The van der Waals surface area contributed by atoms with Crippen molar-refractivity contribution in [3.63, 3.8) is 0 Å². The van der Waals surface area contributed by atoms with Crippen LogP contribution >= 0.6 is 28.1 Å². The van der Waals surface area contributed by atoms with E-state index in [-0.39, 0.29) is 0 Å². The Kier molecular flexibility index (Phi) is 2.41. The maximum Gasteiger partial charge on any atom is 0.138 e. The third kappa shape index (κ3) is 1.48. The van der Waals surface area contributed by atoms with Gasteiger partial charge in [-0.05, 0) is 41.4 Å². The van der Waals surface area contributed by atoms with E-state index in [0.29, 0.717) is 4.64 Å². The zero-order valence-electron chi connectivity index (χ0n) is 7.89. The Morgan fingerprint density at radius 1 is 1.36 bits per heavy atom. The van der Waals surface area contributed by atoms with Gasteiger partial charge in [-0.25, -0.2) is 4.98 Å². The van der Waals surface area contributed by atoms with Crippen LogP contribution in [-0.4, -0.2) is 9.97 Å². The molecule has 0 aliphatic rings. The highest BCUT2D eigenvalue weighted by Crippen LogP contribution is 2.25. The summed E-state index contributed by atoms with van der Waals surface area (Å²) in [6, 6.07) is 4.05. The Morgan fingerprint density at radius 2 is 2.07 bits per heavy atom. The van der Waals surface area contributed by atoms with E-state index < -0.39 is 0 Å². The zero-order valence-corrected chi connectivity index (χ0v) is 10.3. The molecule has 0 aliphatic carbocycles. The standard InChI is InChI=1S/C10H9BrN2S/c1-5-3-4-7(11)8-9(5)12-6(2)13-10(8)14/h3-4H,1-2H3,(H,12,13,14). The highest BCUT2D eigenvalue weighted by molar-refractivity contribution is 9.10. The molecule has 0 amide bonds. The van der Waals surface area contributed by atoms with Crippen LogP contribution in [0.25, 0.3) is 10.9 Å². The minimum Gasteiger partial charge on any atom is -0.343 e. The highest BCUT2D eigenvalue weighted by atomic mass is 79.9. The summed E-state index contributed by atoms with van der Waals surface area (Å²) in [6.07, 6.45) is 0. The maximum absolute atomic E-state index is 5.23. The molecular weight excluding hydrogens is 260 g/mol. The predicted octanol–water partition coefficient (Wildman–Crippen LogP) is 3.67. The van der Waals surface area contributed by atoms with Crippen LogP contribution in [0.5, 0.6) is 0 Å². The SMILES string of the molecule is Cc1nc(=S)c2c(Br)ccc(C)c2[nH]1. The van der Waals surface area contributed by atoms with Gasteiger partial charge in [0.05, 0.1) is 5.52 Å². The number of nitrogens with zero attached hydrogens (tertiary/aromatic N) is 1. The quantitative estimate of drug-likeness (QED) is 0.739. The average molecular weight is 269 g/mol. The van der Waals surface area contributed by atoms with Gasteiger partial charge in [0.25, 0.3) is 0 Å². The van der Waals surface area contributed by atoms with Crippen LogP contribution in [0, 0.1) is 18.5 Å². The average Bonchev–Trinajstić information content (AvgIpc) is 2.10. The van der Waals surface area contributed by atoms with E-state index in [1.165, 1.54) is 5.56 Å². The lowest BCUT2D eigenvalue weighted by molar-refractivity contribution is 1.07. The van der Waals surface area contributed by atoms with Crippen molar-refractivity contribution in [3.05, 3.63) is 32.6 Å². The van der Waals surface area contributed by atoms with Gasteiger partial charge in [0, 0.05) is 9.86 Å². The molecule has 0 saturated carbocycles. The second-order valence-electron chi connectivity index (χ2n) is 3.24. The lowest BCUT2D eigenvalue weighted by atomic mass is 10.1. The molecule has 0 spiro atoms. The van der Waals surface area contributed by atoms with Crippen LogP contribution < -0.4 is 0 Å². The summed E-state index contributed by atoms with van der Waals surface area (Å²) in [4.78, 5) is 7.46. The van der Waals surface area contributed by atoms with Crippen molar-refractivity contribution >= 4 is 39.1 Å². The summed E-state index contributed by atoms with van der Waals surface area (Å²) in [7, 11) is 0. The van der Waals surface area contributed by atoms with Crippen LogP contribution in [-0.2, 0) is 0 Å². The van der Waals surface area contributed by atoms with Crippen LogP contribution in [0.1, 0.15) is 11.4 Å². The van der Waals surface area contributed by atoms with Crippen LogP contribution in [0.2, 0.25) is 0 Å². The van der Waals surface area contributed by atoms with Crippen molar-refractivity contribution in [2.24, 2.45) is 0 Å². The number of nitrogens with one attached hydrogen (secondary N) is 1. The number of rotatable bonds is 0. The Hall–Kier alpha value is -0.740. The Bertz CT molecular complexity index is 560. The Labute approximate surface area is 95.5 Å². The van der Waals surface area contributed by atoms with Crippen molar-refractivity contribution in [2.75, 3.05) is 0 Å². The molecule has 14 heavy (non-hydrogen) atoms. The third-order valence-electron chi connectivity index (χ3n) is 2.15. The van der Waals surface area contributed by atoms with Crippen molar-refractivity contribution < 1.29 is 0 Å². The third-order valence-corrected chi connectivity index (χ3v) is 3.11. The summed E-state index contributed by atoms with van der Waals surface area (Å²) in [5.41, 5.74) is 2.25. The number of aromatic nitrogens is 2. The van der Waals surface area contributed by atoms with Gasteiger partial charge in [-0.1, -0.05) is 18.3 Å². The fourth-order valence-corrected chi connectivity index (χ4v) is 2.47. The number of fused-ring (bicyclic) bond motifs is 1. The number of H-pyrrole nitrogens is 1. The Morgan fingerprint density at radius 3 is 2.79 bits per heavy atom. The number of aromatic amines is 1. The van der Waals surface area contributed by atoms with Crippen molar-refractivity contribution in [1.82, 2.24) is 9.97 Å². The van der Waals surface area contributed by atoms with Gasteiger partial charge in [-0.2, -0.15) is 0 Å². The van der Waals surface area contributed by atoms with E-state index >= 15 is 0 Å². The summed E-state index contributed by atoms with van der Waals surface area (Å²) >= 11 is 8.71. The molecule has 72 valence electrons. The molecule has 1 aromatic heterocycles. The molecule has 0 radical (unpaired) electrons. The van der Waals surface area contributed by atoms with E-state index in [0.717, 1.165) is 21.2 Å². The first-order chi connectivity index (χ1) is 6.59. The van der Waals surface area contributed by atoms with Crippen molar-refractivity contribution in [2.45, 2.75) is 13.8 Å².